The molecule has 1 aliphatic carbocycles. The van der Waals surface area contributed by atoms with Crippen LogP contribution in [0.25, 0.3) is 0 Å². The molecule has 0 aliphatic heterocycles. The molecule has 17 heavy (non-hydrogen) atoms. The average molecular weight is 241 g/mol. The molecule has 0 aromatic carbocycles. The number of nitrogens with zero attached hydrogens (tertiary/aromatic N) is 2. The van der Waals surface area contributed by atoms with Crippen molar-refractivity contribution in [2.24, 2.45) is 0 Å². The van der Waals surface area contributed by atoms with Crippen LogP contribution >= 0.6 is 0 Å². The van der Waals surface area contributed by atoms with Gasteiger partial charge in [-0.15, -0.1) is 0 Å². The van der Waals surface area contributed by atoms with Crippen molar-refractivity contribution in [1.82, 2.24) is 15.1 Å². The Balaban J connectivity index is 2.53. The van der Waals surface area contributed by atoms with Crippen molar-refractivity contribution in [3.05, 3.63) is 0 Å². The first-order valence-electron chi connectivity index (χ1n) is 7.16. The van der Waals surface area contributed by atoms with E-state index in [0.717, 1.165) is 18.6 Å². The SMILES string of the molecule is CCN(C(C)CN(C)C)C1CCCC(NC)C1. The summed E-state index contributed by atoms with van der Waals surface area (Å²) in [5.41, 5.74) is 0. The van der Waals surface area contributed by atoms with Crippen LogP contribution in [0.1, 0.15) is 39.5 Å². The van der Waals surface area contributed by atoms with Crippen molar-refractivity contribution >= 4 is 0 Å². The molecule has 1 saturated carbocycles. The molecule has 1 fully saturated rings. The second-order valence-corrected chi connectivity index (χ2v) is 5.75. The van der Waals surface area contributed by atoms with Gasteiger partial charge in [-0.1, -0.05) is 13.3 Å². The van der Waals surface area contributed by atoms with Gasteiger partial charge in [0.1, 0.15) is 0 Å². The van der Waals surface area contributed by atoms with E-state index < -0.39 is 0 Å². The fraction of sp³-hybridized carbons (Fsp3) is 1.00. The van der Waals surface area contributed by atoms with Crippen LogP contribution < -0.4 is 5.32 Å². The average Bonchev–Trinajstić information content (AvgIpc) is 2.29. The van der Waals surface area contributed by atoms with Crippen LogP contribution in [-0.2, 0) is 0 Å². The molecule has 0 spiro atoms. The summed E-state index contributed by atoms with van der Waals surface area (Å²) in [7, 11) is 6.44. The van der Waals surface area contributed by atoms with E-state index in [1.165, 1.54) is 32.2 Å². The van der Waals surface area contributed by atoms with Crippen LogP contribution in [-0.4, -0.2) is 62.2 Å². The van der Waals surface area contributed by atoms with Gasteiger partial charge >= 0.3 is 0 Å². The van der Waals surface area contributed by atoms with Crippen molar-refractivity contribution in [2.75, 3.05) is 34.2 Å². The summed E-state index contributed by atoms with van der Waals surface area (Å²) in [6.07, 6.45) is 5.43. The van der Waals surface area contributed by atoms with Crippen LogP contribution in [0.4, 0.5) is 0 Å². The van der Waals surface area contributed by atoms with Crippen LogP contribution in [0.3, 0.4) is 0 Å². The highest BCUT2D eigenvalue weighted by Crippen LogP contribution is 2.24. The number of rotatable bonds is 6. The summed E-state index contributed by atoms with van der Waals surface area (Å²) >= 11 is 0. The topological polar surface area (TPSA) is 18.5 Å². The molecule has 3 atom stereocenters. The fourth-order valence-electron chi connectivity index (χ4n) is 3.29. The number of likely N-dealkylation sites (N-methyl/N-ethyl adjacent to an activating group) is 2. The van der Waals surface area contributed by atoms with Crippen molar-refractivity contribution in [3.63, 3.8) is 0 Å². The van der Waals surface area contributed by atoms with E-state index in [1.54, 1.807) is 0 Å². The summed E-state index contributed by atoms with van der Waals surface area (Å²) in [5, 5.41) is 3.46. The molecule has 3 nitrogen and oxygen atoms in total. The predicted molar refractivity (Wildman–Crippen MR) is 75.5 cm³/mol. The van der Waals surface area contributed by atoms with E-state index in [4.69, 9.17) is 0 Å². The van der Waals surface area contributed by atoms with Crippen LogP contribution in [0.15, 0.2) is 0 Å². The monoisotopic (exact) mass is 241 g/mol. The minimum atomic E-state index is 0.663. The highest BCUT2D eigenvalue weighted by molar-refractivity contribution is 4.85. The second-order valence-electron chi connectivity index (χ2n) is 5.75. The normalized spacial score (nSPS) is 27.7. The molecule has 0 aromatic rings. The standard InChI is InChI=1S/C14H31N3/c1-6-17(12(2)11-16(4)5)14-9-7-8-13(10-14)15-3/h12-15H,6-11H2,1-5H3. The van der Waals surface area contributed by atoms with Gasteiger partial charge < -0.3 is 10.2 Å². The lowest BCUT2D eigenvalue weighted by atomic mass is 9.89. The molecule has 1 rings (SSSR count). The molecule has 0 amide bonds. The third kappa shape index (κ3) is 4.57. The first-order valence-corrected chi connectivity index (χ1v) is 7.16. The van der Waals surface area contributed by atoms with E-state index in [0.29, 0.717) is 6.04 Å². The number of hydrogen-bond acceptors (Lipinski definition) is 3. The Hall–Kier alpha value is -0.120. The molecule has 1 N–H and O–H groups in total. The van der Waals surface area contributed by atoms with Crippen molar-refractivity contribution in [1.29, 1.82) is 0 Å². The fourth-order valence-corrected chi connectivity index (χ4v) is 3.29. The van der Waals surface area contributed by atoms with Gasteiger partial charge in [-0.25, -0.2) is 0 Å². The quantitative estimate of drug-likeness (QED) is 0.765. The summed E-state index contributed by atoms with van der Waals surface area (Å²) in [4.78, 5) is 5.00. The second kappa shape index (κ2) is 7.34. The molecular weight excluding hydrogens is 210 g/mol. The van der Waals surface area contributed by atoms with Gasteiger partial charge in [-0.05, 0) is 53.9 Å². The maximum Gasteiger partial charge on any atom is 0.0197 e. The van der Waals surface area contributed by atoms with Crippen molar-refractivity contribution < 1.29 is 0 Å². The Morgan fingerprint density at radius 2 is 2.00 bits per heavy atom. The Labute approximate surface area is 108 Å². The molecule has 102 valence electrons. The van der Waals surface area contributed by atoms with E-state index >= 15 is 0 Å². The van der Waals surface area contributed by atoms with Gasteiger partial charge in [-0.2, -0.15) is 0 Å². The Morgan fingerprint density at radius 3 is 2.53 bits per heavy atom. The Bertz CT molecular complexity index is 206. The van der Waals surface area contributed by atoms with Crippen LogP contribution in [0, 0.1) is 0 Å². The molecule has 0 aromatic heterocycles. The summed E-state index contributed by atoms with van der Waals surface area (Å²) in [6, 6.07) is 2.17. The molecule has 0 heterocycles. The lowest BCUT2D eigenvalue weighted by molar-refractivity contribution is 0.0925. The van der Waals surface area contributed by atoms with Crippen molar-refractivity contribution in [2.45, 2.75) is 57.7 Å². The van der Waals surface area contributed by atoms with Gasteiger partial charge in [0, 0.05) is 24.7 Å². The molecule has 0 saturated heterocycles. The first kappa shape index (κ1) is 14.9. The lowest BCUT2D eigenvalue weighted by Crippen LogP contribution is -2.49. The van der Waals surface area contributed by atoms with Crippen LogP contribution in [0.5, 0.6) is 0 Å². The predicted octanol–water partition coefficient (Wildman–Crippen LogP) is 1.79. The van der Waals surface area contributed by atoms with E-state index in [9.17, 15) is 0 Å². The zero-order valence-electron chi connectivity index (χ0n) is 12.4. The van der Waals surface area contributed by atoms with Crippen LogP contribution in [0.2, 0.25) is 0 Å². The van der Waals surface area contributed by atoms with Gasteiger partial charge in [0.15, 0.2) is 0 Å². The molecule has 3 unspecified atom stereocenters. The number of nitrogens with one attached hydrogen (secondary N) is 1. The molecule has 0 radical (unpaired) electrons. The third-order valence-corrected chi connectivity index (χ3v) is 4.08. The molecule has 0 bridgehead atoms. The molecule has 1 aliphatic rings. The first-order chi connectivity index (χ1) is 8.08. The summed E-state index contributed by atoms with van der Waals surface area (Å²) in [5.74, 6) is 0. The van der Waals surface area contributed by atoms with Gasteiger partial charge in [0.05, 0.1) is 0 Å². The Kier molecular flexibility index (Phi) is 6.45. The maximum absolute atomic E-state index is 3.46. The smallest absolute Gasteiger partial charge is 0.0197 e. The van der Waals surface area contributed by atoms with Gasteiger partial charge in [0.2, 0.25) is 0 Å². The highest BCUT2D eigenvalue weighted by atomic mass is 15.2. The molecule has 3 heteroatoms. The Morgan fingerprint density at radius 1 is 1.29 bits per heavy atom. The maximum atomic E-state index is 3.46. The summed E-state index contributed by atoms with van der Waals surface area (Å²) in [6.45, 7) is 7.01. The highest BCUT2D eigenvalue weighted by Gasteiger charge is 2.27. The summed E-state index contributed by atoms with van der Waals surface area (Å²) < 4.78 is 0. The van der Waals surface area contributed by atoms with E-state index in [1.807, 2.05) is 0 Å². The lowest BCUT2D eigenvalue weighted by Gasteiger charge is -2.41. The third-order valence-electron chi connectivity index (χ3n) is 4.08. The zero-order valence-corrected chi connectivity index (χ0v) is 12.4. The van der Waals surface area contributed by atoms with E-state index in [2.05, 4.69) is 50.1 Å². The minimum Gasteiger partial charge on any atom is -0.317 e. The zero-order chi connectivity index (χ0) is 12.8. The largest absolute Gasteiger partial charge is 0.317 e. The van der Waals surface area contributed by atoms with Gasteiger partial charge in [-0.3, -0.25) is 4.90 Å². The minimum absolute atomic E-state index is 0.663. The number of hydrogen-bond donors (Lipinski definition) is 1. The van der Waals surface area contributed by atoms with Crippen molar-refractivity contribution in [3.8, 4) is 0 Å². The van der Waals surface area contributed by atoms with Gasteiger partial charge in [0.25, 0.3) is 0 Å². The molecular formula is C14H31N3. The van der Waals surface area contributed by atoms with E-state index in [-0.39, 0.29) is 0 Å².